The second kappa shape index (κ2) is 10.8. The lowest BCUT2D eigenvalue weighted by Gasteiger charge is -2.22. The Hall–Kier alpha value is -3.03. The fourth-order valence-electron chi connectivity index (χ4n) is 2.83. The van der Waals surface area contributed by atoms with Gasteiger partial charge in [-0.2, -0.15) is 0 Å². The number of hydrogen-bond acceptors (Lipinski definition) is 5. The molecule has 0 saturated heterocycles. The highest BCUT2D eigenvalue weighted by Crippen LogP contribution is 2.28. The third-order valence-electron chi connectivity index (χ3n) is 4.75. The summed E-state index contributed by atoms with van der Waals surface area (Å²) in [5.74, 6) is -0.722. The van der Waals surface area contributed by atoms with Crippen molar-refractivity contribution in [1.29, 1.82) is 0 Å². The first-order chi connectivity index (χ1) is 15.0. The van der Waals surface area contributed by atoms with Crippen molar-refractivity contribution in [3.8, 4) is 10.6 Å². The van der Waals surface area contributed by atoms with Crippen molar-refractivity contribution in [3.05, 3.63) is 71.3 Å². The van der Waals surface area contributed by atoms with Crippen LogP contribution in [0.4, 0.5) is 5.13 Å². The van der Waals surface area contributed by atoms with Gasteiger partial charge < -0.3 is 5.32 Å². The number of hydrogen-bond donors (Lipinski definition) is 2. The Morgan fingerprint density at radius 2 is 1.90 bits per heavy atom. The number of rotatable bonds is 8. The zero-order chi connectivity index (χ0) is 22.2. The molecule has 0 radical (unpaired) electrons. The molecule has 8 heteroatoms. The Morgan fingerprint density at radius 1 is 1.13 bits per heavy atom. The first-order valence-electron chi connectivity index (χ1n) is 9.90. The lowest BCUT2D eigenvalue weighted by molar-refractivity contribution is -0.125. The SMILES string of the molecule is CCC(C)C(NC(=O)C=Cc1ccccc1)C(=O)Nc1nnc(-c2cccc(Cl)c2)s1. The molecule has 0 aliphatic carbocycles. The second-order valence-electron chi connectivity index (χ2n) is 7.03. The summed E-state index contributed by atoms with van der Waals surface area (Å²) in [6.45, 7) is 3.89. The molecule has 3 aromatic rings. The van der Waals surface area contributed by atoms with Crippen LogP contribution < -0.4 is 10.6 Å². The number of nitrogens with zero attached hydrogens (tertiary/aromatic N) is 2. The van der Waals surface area contributed by atoms with Gasteiger partial charge in [0, 0.05) is 16.7 Å². The lowest BCUT2D eigenvalue weighted by atomic mass is 9.98. The summed E-state index contributed by atoms with van der Waals surface area (Å²) in [6.07, 6.45) is 3.87. The second-order valence-corrected chi connectivity index (χ2v) is 8.44. The normalized spacial score (nSPS) is 13.0. The van der Waals surface area contributed by atoms with Gasteiger partial charge in [0.2, 0.25) is 16.9 Å². The van der Waals surface area contributed by atoms with Gasteiger partial charge in [-0.3, -0.25) is 14.9 Å². The minimum Gasteiger partial charge on any atom is -0.340 e. The van der Waals surface area contributed by atoms with E-state index in [1.807, 2.05) is 56.3 Å². The first kappa shape index (κ1) is 22.7. The van der Waals surface area contributed by atoms with Crippen LogP contribution in [-0.4, -0.2) is 28.1 Å². The van der Waals surface area contributed by atoms with Crippen molar-refractivity contribution >= 4 is 46.0 Å². The van der Waals surface area contributed by atoms with Crippen LogP contribution in [0.3, 0.4) is 0 Å². The number of aromatic nitrogens is 2. The van der Waals surface area contributed by atoms with Crippen LogP contribution in [-0.2, 0) is 9.59 Å². The maximum absolute atomic E-state index is 12.9. The summed E-state index contributed by atoms with van der Waals surface area (Å²) >= 11 is 7.28. The quantitative estimate of drug-likeness (QED) is 0.467. The van der Waals surface area contributed by atoms with Gasteiger partial charge in [0.1, 0.15) is 11.0 Å². The van der Waals surface area contributed by atoms with E-state index in [0.717, 1.165) is 17.5 Å². The fourth-order valence-corrected chi connectivity index (χ4v) is 3.77. The Kier molecular flexibility index (Phi) is 7.92. The number of amides is 2. The highest BCUT2D eigenvalue weighted by Gasteiger charge is 2.26. The maximum atomic E-state index is 12.9. The van der Waals surface area contributed by atoms with Crippen LogP contribution in [0, 0.1) is 5.92 Å². The predicted octanol–water partition coefficient (Wildman–Crippen LogP) is 5.04. The number of nitrogens with one attached hydrogen (secondary N) is 2. The summed E-state index contributed by atoms with van der Waals surface area (Å²) in [6, 6.07) is 16.1. The van der Waals surface area contributed by atoms with Crippen LogP contribution in [0.25, 0.3) is 16.6 Å². The van der Waals surface area contributed by atoms with Gasteiger partial charge >= 0.3 is 0 Å². The number of carbonyl (C=O) groups excluding carboxylic acids is 2. The van der Waals surface area contributed by atoms with Crippen molar-refractivity contribution in [2.45, 2.75) is 26.3 Å². The van der Waals surface area contributed by atoms with Crippen molar-refractivity contribution in [1.82, 2.24) is 15.5 Å². The lowest BCUT2D eigenvalue weighted by Crippen LogP contribution is -2.47. The smallest absolute Gasteiger partial charge is 0.249 e. The predicted molar refractivity (Wildman–Crippen MR) is 126 cm³/mol. The summed E-state index contributed by atoms with van der Waals surface area (Å²) in [5, 5.41) is 15.4. The molecule has 0 aliphatic rings. The first-order valence-corrected chi connectivity index (χ1v) is 11.1. The summed E-state index contributed by atoms with van der Waals surface area (Å²) in [7, 11) is 0. The standard InChI is InChI=1S/C23H23ClN4O2S/c1-3-15(2)20(25-19(29)13-12-16-8-5-4-6-9-16)21(30)26-23-28-27-22(31-23)17-10-7-11-18(24)14-17/h4-15,20H,3H2,1-2H3,(H,25,29)(H,26,28,30). The van der Waals surface area contributed by atoms with Crippen molar-refractivity contribution in [3.63, 3.8) is 0 Å². The molecule has 1 heterocycles. The largest absolute Gasteiger partial charge is 0.340 e. The van der Waals surface area contributed by atoms with Gasteiger partial charge in [0.05, 0.1) is 0 Å². The fraction of sp³-hybridized carbons (Fsp3) is 0.217. The van der Waals surface area contributed by atoms with Gasteiger partial charge in [-0.1, -0.05) is 85.7 Å². The molecule has 0 saturated carbocycles. The number of benzene rings is 2. The molecule has 0 bridgehead atoms. The Morgan fingerprint density at radius 3 is 2.61 bits per heavy atom. The Labute approximate surface area is 190 Å². The molecule has 1 aromatic heterocycles. The molecular weight excluding hydrogens is 432 g/mol. The summed E-state index contributed by atoms with van der Waals surface area (Å²) < 4.78 is 0. The van der Waals surface area contributed by atoms with E-state index in [2.05, 4.69) is 20.8 Å². The molecule has 0 fully saturated rings. The molecule has 0 spiro atoms. The van der Waals surface area contributed by atoms with Crippen molar-refractivity contribution in [2.24, 2.45) is 5.92 Å². The van der Waals surface area contributed by atoms with E-state index in [9.17, 15) is 9.59 Å². The third-order valence-corrected chi connectivity index (χ3v) is 5.87. The highest BCUT2D eigenvalue weighted by atomic mass is 35.5. The van der Waals surface area contributed by atoms with Gasteiger partial charge in [0.15, 0.2) is 0 Å². The van der Waals surface area contributed by atoms with E-state index >= 15 is 0 Å². The van der Waals surface area contributed by atoms with E-state index in [4.69, 9.17) is 11.6 Å². The average molecular weight is 455 g/mol. The van der Waals surface area contributed by atoms with E-state index in [-0.39, 0.29) is 17.7 Å². The Balaban J connectivity index is 1.67. The van der Waals surface area contributed by atoms with E-state index in [0.29, 0.717) is 15.2 Å². The van der Waals surface area contributed by atoms with Crippen LogP contribution >= 0.6 is 22.9 Å². The molecule has 2 amide bonds. The molecule has 2 aromatic carbocycles. The molecule has 3 rings (SSSR count). The van der Waals surface area contributed by atoms with E-state index in [1.54, 1.807) is 18.2 Å². The molecular formula is C23H23ClN4O2S. The van der Waals surface area contributed by atoms with Gasteiger partial charge in [0.25, 0.3) is 0 Å². The minimum absolute atomic E-state index is 0.0607. The molecule has 2 N–H and O–H groups in total. The van der Waals surface area contributed by atoms with Crippen LogP contribution in [0.5, 0.6) is 0 Å². The molecule has 31 heavy (non-hydrogen) atoms. The maximum Gasteiger partial charge on any atom is 0.249 e. The van der Waals surface area contributed by atoms with Crippen molar-refractivity contribution in [2.75, 3.05) is 5.32 Å². The molecule has 160 valence electrons. The van der Waals surface area contributed by atoms with Crippen LogP contribution in [0.1, 0.15) is 25.8 Å². The van der Waals surface area contributed by atoms with Crippen LogP contribution in [0.2, 0.25) is 5.02 Å². The van der Waals surface area contributed by atoms with Gasteiger partial charge in [-0.05, 0) is 29.7 Å². The highest BCUT2D eigenvalue weighted by molar-refractivity contribution is 7.18. The number of anilines is 1. The summed E-state index contributed by atoms with van der Waals surface area (Å²) in [4.78, 5) is 25.3. The topological polar surface area (TPSA) is 84.0 Å². The zero-order valence-corrected chi connectivity index (χ0v) is 18.8. The number of halogens is 1. The molecule has 6 nitrogen and oxygen atoms in total. The third kappa shape index (κ3) is 6.47. The molecule has 2 unspecified atom stereocenters. The minimum atomic E-state index is -0.698. The zero-order valence-electron chi connectivity index (χ0n) is 17.2. The summed E-state index contributed by atoms with van der Waals surface area (Å²) in [5.41, 5.74) is 1.73. The van der Waals surface area contributed by atoms with E-state index < -0.39 is 6.04 Å². The number of carbonyl (C=O) groups is 2. The molecule has 2 atom stereocenters. The molecule has 0 aliphatic heterocycles. The van der Waals surface area contributed by atoms with E-state index in [1.165, 1.54) is 17.4 Å². The average Bonchev–Trinajstić information content (AvgIpc) is 3.24. The monoisotopic (exact) mass is 454 g/mol. The van der Waals surface area contributed by atoms with Crippen molar-refractivity contribution < 1.29 is 9.59 Å². The van der Waals surface area contributed by atoms with Gasteiger partial charge in [-0.25, -0.2) is 0 Å². The Bertz CT molecular complexity index is 1070. The van der Waals surface area contributed by atoms with Crippen LogP contribution in [0.15, 0.2) is 60.7 Å². The van der Waals surface area contributed by atoms with Gasteiger partial charge in [-0.15, -0.1) is 10.2 Å².